The van der Waals surface area contributed by atoms with Gasteiger partial charge in [-0.25, -0.2) is 0 Å². The van der Waals surface area contributed by atoms with Crippen LogP contribution >= 0.6 is 0 Å². The second-order valence-corrected chi connectivity index (χ2v) is 9.46. The highest BCUT2D eigenvalue weighted by Crippen LogP contribution is 2.45. The fourth-order valence-electron chi connectivity index (χ4n) is 5.36. The molecule has 0 spiro atoms. The number of likely N-dealkylation sites (tertiary alicyclic amines) is 1. The maximum Gasteiger partial charge on any atom is 0.220 e. The van der Waals surface area contributed by atoms with Crippen LogP contribution in [-0.2, 0) is 17.6 Å². The van der Waals surface area contributed by atoms with E-state index in [0.29, 0.717) is 30.3 Å². The Bertz CT molecular complexity index is 897. The van der Waals surface area contributed by atoms with Gasteiger partial charge in [-0.15, -0.1) is 0 Å². The Labute approximate surface area is 183 Å². The van der Waals surface area contributed by atoms with E-state index in [1.165, 1.54) is 17.5 Å². The van der Waals surface area contributed by atoms with Crippen LogP contribution in [0.3, 0.4) is 0 Å². The summed E-state index contributed by atoms with van der Waals surface area (Å²) in [4.78, 5) is 19.7. The fourth-order valence-corrected chi connectivity index (χ4v) is 5.36. The van der Waals surface area contributed by atoms with Gasteiger partial charge in [0.1, 0.15) is 11.9 Å². The standard InChI is InChI=1S/C25H31N3O3/c1-31-21-6-7-22(26-12-21)25(30)23(15-28-13-19-11-20(19)14-28)27-24(29)10-16-8-17-4-2-3-5-18(17)9-16/h2-7,12,16,19-20,23,25,30H,8-11,13-15H2,1H3,(H,27,29). The number of aliphatic hydroxyl groups excluding tert-OH is 1. The number of hydrogen-bond donors (Lipinski definition) is 2. The summed E-state index contributed by atoms with van der Waals surface area (Å²) in [5.41, 5.74) is 3.27. The van der Waals surface area contributed by atoms with E-state index in [1.54, 1.807) is 25.4 Å². The van der Waals surface area contributed by atoms with E-state index in [9.17, 15) is 9.90 Å². The highest BCUT2D eigenvalue weighted by molar-refractivity contribution is 5.77. The Morgan fingerprint density at radius 3 is 2.52 bits per heavy atom. The Morgan fingerprint density at radius 2 is 1.90 bits per heavy atom. The second-order valence-electron chi connectivity index (χ2n) is 9.46. The lowest BCUT2D eigenvalue weighted by atomic mass is 10.0. The van der Waals surface area contributed by atoms with Gasteiger partial charge in [-0.2, -0.15) is 0 Å². The molecular formula is C25H31N3O3. The summed E-state index contributed by atoms with van der Waals surface area (Å²) >= 11 is 0. The van der Waals surface area contributed by atoms with E-state index in [0.717, 1.165) is 37.8 Å². The first-order valence-electron chi connectivity index (χ1n) is 11.4. The molecule has 6 heteroatoms. The molecule has 1 amide bonds. The predicted octanol–water partition coefficient (Wildman–Crippen LogP) is 2.37. The smallest absolute Gasteiger partial charge is 0.220 e. The monoisotopic (exact) mass is 421 g/mol. The number of aliphatic hydroxyl groups is 1. The molecule has 1 saturated heterocycles. The van der Waals surface area contributed by atoms with Gasteiger partial charge in [0.15, 0.2) is 0 Å². The van der Waals surface area contributed by atoms with Crippen LogP contribution < -0.4 is 10.1 Å². The predicted molar refractivity (Wildman–Crippen MR) is 118 cm³/mol. The number of methoxy groups -OCH3 is 1. The Kier molecular flexibility index (Phi) is 5.67. The van der Waals surface area contributed by atoms with E-state index in [2.05, 4.69) is 39.5 Å². The molecule has 164 valence electrons. The summed E-state index contributed by atoms with van der Waals surface area (Å²) in [5, 5.41) is 14.2. The van der Waals surface area contributed by atoms with E-state index < -0.39 is 6.10 Å². The van der Waals surface area contributed by atoms with Crippen LogP contribution in [0.4, 0.5) is 0 Å². The molecule has 5 rings (SSSR count). The number of benzene rings is 1. The first kappa shape index (κ1) is 20.5. The molecule has 0 radical (unpaired) electrons. The van der Waals surface area contributed by atoms with Crippen molar-refractivity contribution in [1.29, 1.82) is 0 Å². The van der Waals surface area contributed by atoms with Gasteiger partial charge < -0.3 is 20.1 Å². The number of carbonyl (C=O) groups is 1. The van der Waals surface area contributed by atoms with Gasteiger partial charge in [0, 0.05) is 26.1 Å². The van der Waals surface area contributed by atoms with Crippen molar-refractivity contribution < 1.29 is 14.6 Å². The van der Waals surface area contributed by atoms with Crippen molar-refractivity contribution in [2.45, 2.75) is 37.8 Å². The van der Waals surface area contributed by atoms with Crippen molar-refractivity contribution in [3.63, 3.8) is 0 Å². The van der Waals surface area contributed by atoms with Gasteiger partial charge in [0.05, 0.1) is 25.0 Å². The molecule has 6 nitrogen and oxygen atoms in total. The molecule has 31 heavy (non-hydrogen) atoms. The van der Waals surface area contributed by atoms with Gasteiger partial charge in [-0.05, 0) is 60.3 Å². The zero-order chi connectivity index (χ0) is 21.4. The normalized spacial score (nSPS) is 24.3. The number of rotatable bonds is 8. The molecule has 1 aromatic heterocycles. The van der Waals surface area contributed by atoms with Crippen molar-refractivity contribution in [3.8, 4) is 5.75 Å². The molecule has 1 aliphatic heterocycles. The van der Waals surface area contributed by atoms with Crippen LogP contribution in [0, 0.1) is 17.8 Å². The first-order valence-corrected chi connectivity index (χ1v) is 11.4. The van der Waals surface area contributed by atoms with Crippen molar-refractivity contribution in [3.05, 3.63) is 59.4 Å². The van der Waals surface area contributed by atoms with Crippen LogP contribution in [0.25, 0.3) is 0 Å². The van der Waals surface area contributed by atoms with Gasteiger partial charge in [-0.1, -0.05) is 24.3 Å². The molecule has 2 fully saturated rings. The SMILES string of the molecule is COc1ccc(C(O)C(CN2CC3CC3C2)NC(=O)CC2Cc3ccccc3C2)nc1. The third-order valence-electron chi connectivity index (χ3n) is 7.14. The van der Waals surface area contributed by atoms with Crippen LogP contribution in [0.15, 0.2) is 42.6 Å². The largest absolute Gasteiger partial charge is 0.495 e. The third kappa shape index (κ3) is 4.60. The number of hydrogen-bond acceptors (Lipinski definition) is 5. The number of aromatic nitrogens is 1. The average Bonchev–Trinajstić information content (AvgIpc) is 3.19. The van der Waals surface area contributed by atoms with E-state index in [1.807, 2.05) is 0 Å². The molecule has 2 aliphatic carbocycles. The van der Waals surface area contributed by atoms with Crippen LogP contribution in [0.5, 0.6) is 5.75 Å². The summed E-state index contributed by atoms with van der Waals surface area (Å²) in [6.07, 6.45) is 4.47. The third-order valence-corrected chi connectivity index (χ3v) is 7.14. The number of ether oxygens (including phenoxy) is 1. The maximum atomic E-state index is 13.0. The number of nitrogens with zero attached hydrogens (tertiary/aromatic N) is 2. The van der Waals surface area contributed by atoms with E-state index in [-0.39, 0.29) is 11.9 Å². The van der Waals surface area contributed by atoms with E-state index in [4.69, 9.17) is 4.74 Å². The summed E-state index contributed by atoms with van der Waals surface area (Å²) < 4.78 is 5.18. The van der Waals surface area contributed by atoms with Crippen LogP contribution in [0.1, 0.15) is 35.8 Å². The number of carbonyl (C=O) groups excluding carboxylic acids is 1. The topological polar surface area (TPSA) is 74.7 Å². The molecule has 4 unspecified atom stereocenters. The maximum absolute atomic E-state index is 13.0. The lowest BCUT2D eigenvalue weighted by Crippen LogP contribution is -2.47. The summed E-state index contributed by atoms with van der Waals surface area (Å²) in [5.74, 6) is 2.61. The minimum absolute atomic E-state index is 0.0136. The van der Waals surface area contributed by atoms with E-state index >= 15 is 0 Å². The second kappa shape index (κ2) is 8.60. The number of amides is 1. The number of fused-ring (bicyclic) bond motifs is 2. The zero-order valence-corrected chi connectivity index (χ0v) is 18.0. The van der Waals surface area contributed by atoms with Gasteiger partial charge in [0.2, 0.25) is 5.91 Å². The van der Waals surface area contributed by atoms with Crippen molar-refractivity contribution in [1.82, 2.24) is 15.2 Å². The Hall–Kier alpha value is -2.44. The lowest BCUT2D eigenvalue weighted by Gasteiger charge is -2.29. The molecular weight excluding hydrogens is 390 g/mol. The minimum atomic E-state index is -0.854. The zero-order valence-electron chi connectivity index (χ0n) is 18.0. The van der Waals surface area contributed by atoms with Crippen molar-refractivity contribution >= 4 is 5.91 Å². The lowest BCUT2D eigenvalue weighted by molar-refractivity contribution is -0.123. The fraction of sp³-hybridized carbons (Fsp3) is 0.520. The van der Waals surface area contributed by atoms with Crippen LogP contribution in [0.2, 0.25) is 0 Å². The number of nitrogens with one attached hydrogen (secondary N) is 1. The minimum Gasteiger partial charge on any atom is -0.495 e. The van der Waals surface area contributed by atoms with Crippen molar-refractivity contribution in [2.75, 3.05) is 26.7 Å². The Morgan fingerprint density at radius 1 is 1.19 bits per heavy atom. The highest BCUT2D eigenvalue weighted by atomic mass is 16.5. The molecule has 2 N–H and O–H groups in total. The van der Waals surface area contributed by atoms with Crippen molar-refractivity contribution in [2.24, 2.45) is 17.8 Å². The molecule has 2 heterocycles. The molecule has 4 atom stereocenters. The number of pyridine rings is 1. The molecule has 0 bridgehead atoms. The summed E-state index contributed by atoms with van der Waals surface area (Å²) in [6, 6.07) is 11.6. The first-order chi connectivity index (χ1) is 15.1. The van der Waals surface area contributed by atoms with Gasteiger partial charge >= 0.3 is 0 Å². The summed E-state index contributed by atoms with van der Waals surface area (Å²) in [6.45, 7) is 2.79. The Balaban J connectivity index is 1.24. The molecule has 1 aromatic carbocycles. The van der Waals surface area contributed by atoms with Gasteiger partial charge in [0.25, 0.3) is 0 Å². The number of piperidine rings is 1. The molecule has 1 saturated carbocycles. The van der Waals surface area contributed by atoms with Gasteiger partial charge in [-0.3, -0.25) is 9.78 Å². The highest BCUT2D eigenvalue weighted by Gasteiger charge is 2.45. The quantitative estimate of drug-likeness (QED) is 0.685. The molecule has 2 aromatic rings. The summed E-state index contributed by atoms with van der Waals surface area (Å²) in [7, 11) is 1.59. The molecule has 3 aliphatic rings. The van der Waals surface area contributed by atoms with Crippen LogP contribution in [-0.4, -0.2) is 53.7 Å². The average molecular weight is 422 g/mol.